The molecule has 35 heavy (non-hydrogen) atoms. The minimum Gasteiger partial charge on any atom is -0.488 e. The summed E-state index contributed by atoms with van der Waals surface area (Å²) in [5, 5.41) is -0.268. The van der Waals surface area contributed by atoms with E-state index in [9.17, 15) is 17.6 Å². The molecule has 0 aliphatic heterocycles. The lowest BCUT2D eigenvalue weighted by molar-refractivity contribution is 0.103. The van der Waals surface area contributed by atoms with E-state index in [0.717, 1.165) is 11.8 Å². The van der Waals surface area contributed by atoms with Crippen LogP contribution in [-0.4, -0.2) is 30.4 Å². The normalized spacial score (nSPS) is 11.3. The van der Waals surface area contributed by atoms with Gasteiger partial charge in [-0.15, -0.1) is 0 Å². The highest BCUT2D eigenvalue weighted by Crippen LogP contribution is 2.33. The number of ketones is 1. The minimum atomic E-state index is -3.69. The van der Waals surface area contributed by atoms with E-state index in [4.69, 9.17) is 10.5 Å². The monoisotopic (exact) mass is 491 g/mol. The number of benzene rings is 3. The van der Waals surface area contributed by atoms with Crippen molar-refractivity contribution in [1.29, 1.82) is 0 Å². The lowest BCUT2D eigenvalue weighted by atomic mass is 9.98. The summed E-state index contributed by atoms with van der Waals surface area (Å²) in [6, 6.07) is 19.6. The quantitative estimate of drug-likeness (QED) is 0.301. The predicted octanol–water partition coefficient (Wildman–Crippen LogP) is 4.39. The van der Waals surface area contributed by atoms with Crippen molar-refractivity contribution >= 4 is 21.6 Å². The van der Waals surface area contributed by atoms with E-state index < -0.39 is 21.4 Å². The second-order valence-corrected chi connectivity index (χ2v) is 9.98. The fourth-order valence-electron chi connectivity index (χ4n) is 3.46. The van der Waals surface area contributed by atoms with Crippen LogP contribution in [0.3, 0.4) is 0 Å². The molecule has 0 unspecified atom stereocenters. The third-order valence-electron chi connectivity index (χ3n) is 5.22. The van der Waals surface area contributed by atoms with Crippen molar-refractivity contribution in [3.8, 4) is 17.0 Å². The summed E-state index contributed by atoms with van der Waals surface area (Å²) in [6.45, 7) is 1.94. The van der Waals surface area contributed by atoms with E-state index in [0.29, 0.717) is 16.9 Å². The molecule has 2 N–H and O–H groups in total. The van der Waals surface area contributed by atoms with Gasteiger partial charge in [0.25, 0.3) is 0 Å². The molecular formula is C26H22FN3O4S. The Morgan fingerprint density at radius 1 is 1.00 bits per heavy atom. The molecule has 1 heterocycles. The van der Waals surface area contributed by atoms with Gasteiger partial charge >= 0.3 is 0 Å². The van der Waals surface area contributed by atoms with Crippen LogP contribution >= 0.6 is 0 Å². The van der Waals surface area contributed by atoms with E-state index in [1.54, 1.807) is 19.1 Å². The maximum absolute atomic E-state index is 14.5. The predicted molar refractivity (Wildman–Crippen MR) is 130 cm³/mol. The fourth-order valence-corrected chi connectivity index (χ4v) is 4.05. The van der Waals surface area contributed by atoms with Crippen LogP contribution in [0, 0.1) is 12.7 Å². The Labute approximate surface area is 202 Å². The number of anilines is 1. The van der Waals surface area contributed by atoms with Crippen molar-refractivity contribution in [2.24, 2.45) is 0 Å². The van der Waals surface area contributed by atoms with E-state index in [1.165, 1.54) is 30.3 Å². The smallest absolute Gasteiger partial charge is 0.221 e. The summed E-state index contributed by atoms with van der Waals surface area (Å²) in [5.74, 6) is -1.08. The number of hydrogen-bond acceptors (Lipinski definition) is 7. The van der Waals surface area contributed by atoms with Crippen molar-refractivity contribution in [1.82, 2.24) is 9.97 Å². The third-order valence-corrected chi connectivity index (χ3v) is 6.19. The number of carbonyl (C=O) groups is 1. The van der Waals surface area contributed by atoms with Gasteiger partial charge in [0, 0.05) is 23.4 Å². The van der Waals surface area contributed by atoms with Gasteiger partial charge in [-0.05, 0) is 48.4 Å². The third kappa shape index (κ3) is 5.52. The van der Waals surface area contributed by atoms with Crippen LogP contribution in [-0.2, 0) is 16.4 Å². The Hall–Kier alpha value is -4.11. The molecule has 0 amide bonds. The van der Waals surface area contributed by atoms with Gasteiger partial charge < -0.3 is 10.5 Å². The molecule has 178 valence electrons. The molecule has 0 fully saturated rings. The molecule has 0 aliphatic carbocycles. The summed E-state index contributed by atoms with van der Waals surface area (Å²) < 4.78 is 44.7. The first-order chi connectivity index (χ1) is 16.6. The zero-order chi connectivity index (χ0) is 25.2. The largest absolute Gasteiger partial charge is 0.488 e. The number of rotatable bonds is 7. The first-order valence-electron chi connectivity index (χ1n) is 10.6. The number of hydrogen-bond donors (Lipinski definition) is 1. The number of nitrogens with two attached hydrogens (primary N) is 1. The summed E-state index contributed by atoms with van der Waals surface area (Å²) in [6.07, 6.45) is 1.01. The molecule has 0 saturated heterocycles. The standard InChI is InChI=1S/C26H22FN3O4S/c1-16-8-10-19(21(27)12-16)25(31)18-9-11-23(34-15-17-6-4-3-5-7-17)20(13-18)22-14-24(35(2,32)33)30-26(28)29-22/h3-14H,15H2,1-2H3,(H2,28,29,30). The Bertz CT molecular complexity index is 1520. The van der Waals surface area contributed by atoms with Gasteiger partial charge in [0.1, 0.15) is 18.2 Å². The average molecular weight is 492 g/mol. The molecular weight excluding hydrogens is 469 g/mol. The molecule has 0 bridgehead atoms. The Kier molecular flexibility index (Phi) is 6.61. The van der Waals surface area contributed by atoms with Crippen LogP contribution in [0.2, 0.25) is 0 Å². The maximum atomic E-state index is 14.5. The fraction of sp³-hybridized carbons (Fsp3) is 0.115. The molecule has 7 nitrogen and oxygen atoms in total. The zero-order valence-corrected chi connectivity index (χ0v) is 19.8. The minimum absolute atomic E-state index is 0.0847. The Morgan fingerprint density at radius 3 is 2.43 bits per heavy atom. The van der Waals surface area contributed by atoms with Gasteiger partial charge in [0.2, 0.25) is 5.95 Å². The van der Waals surface area contributed by atoms with Crippen LogP contribution < -0.4 is 10.5 Å². The molecule has 4 rings (SSSR count). The van der Waals surface area contributed by atoms with Gasteiger partial charge in [0.05, 0.1) is 11.3 Å². The van der Waals surface area contributed by atoms with Crippen LogP contribution in [0.25, 0.3) is 11.3 Å². The average Bonchev–Trinajstić information content (AvgIpc) is 2.82. The number of carbonyl (C=O) groups excluding carboxylic acids is 1. The Morgan fingerprint density at radius 2 is 1.74 bits per heavy atom. The molecule has 0 saturated carbocycles. The highest BCUT2D eigenvalue weighted by Gasteiger charge is 2.20. The summed E-state index contributed by atoms with van der Waals surface area (Å²) in [7, 11) is -3.69. The maximum Gasteiger partial charge on any atom is 0.221 e. The zero-order valence-electron chi connectivity index (χ0n) is 19.0. The van der Waals surface area contributed by atoms with Gasteiger partial charge in [-0.2, -0.15) is 0 Å². The number of sulfone groups is 1. The number of ether oxygens (including phenoxy) is 1. The first kappa shape index (κ1) is 24.0. The van der Waals surface area contributed by atoms with Crippen molar-refractivity contribution in [2.45, 2.75) is 18.6 Å². The van der Waals surface area contributed by atoms with Gasteiger partial charge in [-0.1, -0.05) is 36.4 Å². The molecule has 0 radical (unpaired) electrons. The molecule has 0 spiro atoms. The van der Waals surface area contributed by atoms with Gasteiger partial charge in [-0.25, -0.2) is 22.8 Å². The van der Waals surface area contributed by atoms with Crippen molar-refractivity contribution < 1.29 is 22.3 Å². The second-order valence-electron chi connectivity index (χ2n) is 8.02. The summed E-state index contributed by atoms with van der Waals surface area (Å²) in [5.41, 5.74) is 7.94. The highest BCUT2D eigenvalue weighted by molar-refractivity contribution is 7.90. The van der Waals surface area contributed by atoms with Crippen LogP contribution in [0.4, 0.5) is 10.3 Å². The van der Waals surface area contributed by atoms with E-state index >= 15 is 0 Å². The van der Waals surface area contributed by atoms with E-state index in [1.807, 2.05) is 30.3 Å². The summed E-state index contributed by atoms with van der Waals surface area (Å²) in [4.78, 5) is 21.1. The van der Waals surface area contributed by atoms with Crippen molar-refractivity contribution in [3.63, 3.8) is 0 Å². The van der Waals surface area contributed by atoms with E-state index in [2.05, 4.69) is 9.97 Å². The first-order valence-corrected chi connectivity index (χ1v) is 12.5. The van der Waals surface area contributed by atoms with Crippen LogP contribution in [0.1, 0.15) is 27.0 Å². The second kappa shape index (κ2) is 9.63. The number of halogens is 1. The molecule has 0 aliphatic rings. The number of aryl methyl sites for hydroxylation is 1. The molecule has 4 aromatic rings. The van der Waals surface area contributed by atoms with Gasteiger partial charge in [-0.3, -0.25) is 4.79 Å². The van der Waals surface area contributed by atoms with Crippen molar-refractivity contribution in [2.75, 3.05) is 12.0 Å². The number of nitrogen functional groups attached to an aromatic ring is 1. The molecule has 9 heteroatoms. The van der Waals surface area contributed by atoms with Gasteiger partial charge in [0.15, 0.2) is 20.6 Å². The van der Waals surface area contributed by atoms with E-state index in [-0.39, 0.29) is 34.4 Å². The SMILES string of the molecule is Cc1ccc(C(=O)c2ccc(OCc3ccccc3)c(-c3cc(S(C)(=O)=O)nc(N)n3)c2)c(F)c1. The highest BCUT2D eigenvalue weighted by atomic mass is 32.2. The topological polar surface area (TPSA) is 112 Å². The Balaban J connectivity index is 1.82. The number of aromatic nitrogens is 2. The lowest BCUT2D eigenvalue weighted by Crippen LogP contribution is -2.08. The summed E-state index contributed by atoms with van der Waals surface area (Å²) >= 11 is 0. The van der Waals surface area contributed by atoms with Crippen LogP contribution in [0.5, 0.6) is 5.75 Å². The van der Waals surface area contributed by atoms with Crippen molar-refractivity contribution in [3.05, 3.63) is 101 Å². The molecule has 3 aromatic carbocycles. The molecule has 0 atom stereocenters. The lowest BCUT2D eigenvalue weighted by Gasteiger charge is -2.14. The van der Waals surface area contributed by atoms with Crippen LogP contribution in [0.15, 0.2) is 77.8 Å². The molecule has 1 aromatic heterocycles. The number of nitrogens with zero attached hydrogens (tertiary/aromatic N) is 2.